The summed E-state index contributed by atoms with van der Waals surface area (Å²) in [4.78, 5) is 14.6. The highest BCUT2D eigenvalue weighted by Gasteiger charge is 2.29. The lowest BCUT2D eigenvalue weighted by Gasteiger charge is -2.24. The number of nitrogens with zero attached hydrogens (tertiary/aromatic N) is 1. The molecule has 1 aromatic carbocycles. The van der Waals surface area contributed by atoms with E-state index in [9.17, 15) is 4.79 Å². The second-order valence-electron chi connectivity index (χ2n) is 5.37. The molecule has 6 heteroatoms. The fourth-order valence-corrected chi connectivity index (χ4v) is 3.26. The smallest absolute Gasteiger partial charge is 0.254 e. The first kappa shape index (κ1) is 17.1. The number of carbonyl (C=O) groups excluding carboxylic acids is 1. The number of carbonyl (C=O) groups is 1. The van der Waals surface area contributed by atoms with E-state index in [1.165, 1.54) is 0 Å². The molecule has 2 rings (SSSR count). The monoisotopic (exact) mass is 370 g/mol. The van der Waals surface area contributed by atoms with Gasteiger partial charge in [0.2, 0.25) is 0 Å². The van der Waals surface area contributed by atoms with Gasteiger partial charge in [-0.15, -0.1) is 0 Å². The van der Waals surface area contributed by atoms with Gasteiger partial charge in [0, 0.05) is 24.7 Å². The first-order chi connectivity index (χ1) is 10.6. The standard InChI is InChI=1S/C16H23BrN2O3/c1-3-7-22-15-13(17)8-11(9-14(15)21-2)16(20)19-6-4-5-12(19)10-18/h8-9,12H,3-7,10,18H2,1-2H3/t12-/m1/s1. The van der Waals surface area contributed by atoms with Crippen molar-refractivity contribution < 1.29 is 14.3 Å². The molecule has 1 aliphatic rings. The third-order valence-corrected chi connectivity index (χ3v) is 4.43. The quantitative estimate of drug-likeness (QED) is 0.835. The summed E-state index contributed by atoms with van der Waals surface area (Å²) >= 11 is 3.48. The van der Waals surface area contributed by atoms with Gasteiger partial charge in [0.25, 0.3) is 5.91 Å². The van der Waals surface area contributed by atoms with Crippen LogP contribution in [0.25, 0.3) is 0 Å². The number of likely N-dealkylation sites (tertiary alicyclic amines) is 1. The van der Waals surface area contributed by atoms with Gasteiger partial charge < -0.3 is 20.1 Å². The number of hydrogen-bond donors (Lipinski definition) is 1. The van der Waals surface area contributed by atoms with Crippen molar-refractivity contribution in [1.82, 2.24) is 4.90 Å². The Bertz CT molecular complexity index is 536. The van der Waals surface area contributed by atoms with Crippen molar-refractivity contribution in [2.75, 3.05) is 26.8 Å². The minimum absolute atomic E-state index is 0.00556. The zero-order chi connectivity index (χ0) is 16.1. The molecule has 0 spiro atoms. The third kappa shape index (κ3) is 3.55. The Morgan fingerprint density at radius 1 is 1.50 bits per heavy atom. The molecule has 1 saturated heterocycles. The molecule has 0 bridgehead atoms. The van der Waals surface area contributed by atoms with Gasteiger partial charge in [-0.25, -0.2) is 0 Å². The number of methoxy groups -OCH3 is 1. The summed E-state index contributed by atoms with van der Waals surface area (Å²) in [5.74, 6) is 1.20. The maximum absolute atomic E-state index is 12.7. The highest BCUT2D eigenvalue weighted by atomic mass is 79.9. The van der Waals surface area contributed by atoms with E-state index in [1.807, 2.05) is 11.8 Å². The molecule has 5 nitrogen and oxygen atoms in total. The van der Waals surface area contributed by atoms with Gasteiger partial charge in [-0.05, 0) is 47.3 Å². The van der Waals surface area contributed by atoms with Gasteiger partial charge >= 0.3 is 0 Å². The van der Waals surface area contributed by atoms with Crippen LogP contribution in [-0.4, -0.2) is 43.7 Å². The van der Waals surface area contributed by atoms with Gasteiger partial charge in [0.05, 0.1) is 18.2 Å². The van der Waals surface area contributed by atoms with Gasteiger partial charge in [-0.3, -0.25) is 4.79 Å². The molecule has 0 aromatic heterocycles. The average molecular weight is 371 g/mol. The summed E-state index contributed by atoms with van der Waals surface area (Å²) in [5.41, 5.74) is 6.35. The van der Waals surface area contributed by atoms with E-state index in [0.717, 1.165) is 30.3 Å². The van der Waals surface area contributed by atoms with Crippen LogP contribution in [-0.2, 0) is 0 Å². The Morgan fingerprint density at radius 3 is 2.91 bits per heavy atom. The Hall–Kier alpha value is -1.27. The molecule has 22 heavy (non-hydrogen) atoms. The highest BCUT2D eigenvalue weighted by molar-refractivity contribution is 9.10. The van der Waals surface area contributed by atoms with E-state index in [2.05, 4.69) is 15.9 Å². The van der Waals surface area contributed by atoms with Crippen LogP contribution in [0.1, 0.15) is 36.5 Å². The molecule has 0 saturated carbocycles. The minimum Gasteiger partial charge on any atom is -0.493 e. The highest BCUT2D eigenvalue weighted by Crippen LogP contribution is 2.37. The van der Waals surface area contributed by atoms with E-state index in [1.54, 1.807) is 19.2 Å². The topological polar surface area (TPSA) is 64.8 Å². The second kappa shape index (κ2) is 7.83. The van der Waals surface area contributed by atoms with Crippen molar-refractivity contribution in [2.24, 2.45) is 5.73 Å². The molecule has 1 atom stereocenters. The largest absolute Gasteiger partial charge is 0.493 e. The summed E-state index contributed by atoms with van der Waals surface area (Å²) in [7, 11) is 1.58. The van der Waals surface area contributed by atoms with Crippen molar-refractivity contribution in [1.29, 1.82) is 0 Å². The van der Waals surface area contributed by atoms with Crippen LogP contribution in [0.15, 0.2) is 16.6 Å². The van der Waals surface area contributed by atoms with Crippen molar-refractivity contribution >= 4 is 21.8 Å². The third-order valence-electron chi connectivity index (χ3n) is 3.84. The van der Waals surface area contributed by atoms with Gasteiger partial charge in [0.1, 0.15) is 0 Å². The lowest BCUT2D eigenvalue weighted by atomic mass is 10.1. The Kier molecular flexibility index (Phi) is 6.08. The molecule has 0 aliphatic carbocycles. The zero-order valence-electron chi connectivity index (χ0n) is 13.1. The number of ether oxygens (including phenoxy) is 2. The summed E-state index contributed by atoms with van der Waals surface area (Å²) in [5, 5.41) is 0. The van der Waals surface area contributed by atoms with Crippen molar-refractivity contribution in [3.63, 3.8) is 0 Å². The Balaban J connectivity index is 2.28. The SMILES string of the molecule is CCCOc1c(Br)cc(C(=O)N2CCC[C@@H]2CN)cc1OC. The number of amides is 1. The second-order valence-corrected chi connectivity index (χ2v) is 6.22. The molecule has 1 aromatic rings. The molecule has 0 unspecified atom stereocenters. The average Bonchev–Trinajstić information content (AvgIpc) is 3.00. The van der Waals surface area contributed by atoms with Gasteiger partial charge in [0.15, 0.2) is 11.5 Å². The molecule has 1 amide bonds. The molecule has 1 aliphatic heterocycles. The van der Waals surface area contributed by atoms with E-state index in [4.69, 9.17) is 15.2 Å². The first-order valence-electron chi connectivity index (χ1n) is 7.63. The van der Waals surface area contributed by atoms with E-state index in [-0.39, 0.29) is 11.9 Å². The van der Waals surface area contributed by atoms with Crippen molar-refractivity contribution in [2.45, 2.75) is 32.2 Å². The molecule has 122 valence electrons. The first-order valence-corrected chi connectivity index (χ1v) is 8.43. The number of hydrogen-bond acceptors (Lipinski definition) is 4. The summed E-state index contributed by atoms with van der Waals surface area (Å²) in [6.45, 7) is 3.90. The van der Waals surface area contributed by atoms with E-state index >= 15 is 0 Å². The van der Waals surface area contributed by atoms with Crippen LogP contribution in [0.5, 0.6) is 11.5 Å². The van der Waals surface area contributed by atoms with Crippen molar-refractivity contribution in [3.05, 3.63) is 22.2 Å². The zero-order valence-corrected chi connectivity index (χ0v) is 14.7. The molecule has 0 radical (unpaired) electrons. The molecule has 2 N–H and O–H groups in total. The normalized spacial score (nSPS) is 17.6. The fraction of sp³-hybridized carbons (Fsp3) is 0.562. The Labute approximate surface area is 139 Å². The van der Waals surface area contributed by atoms with Crippen LogP contribution in [0.4, 0.5) is 0 Å². The van der Waals surface area contributed by atoms with Gasteiger partial charge in [-0.2, -0.15) is 0 Å². The minimum atomic E-state index is -0.00556. The van der Waals surface area contributed by atoms with Crippen LogP contribution in [0.3, 0.4) is 0 Å². The van der Waals surface area contributed by atoms with Gasteiger partial charge in [-0.1, -0.05) is 6.92 Å². The lowest BCUT2D eigenvalue weighted by molar-refractivity contribution is 0.0740. The molecular formula is C16H23BrN2O3. The lowest BCUT2D eigenvalue weighted by Crippen LogP contribution is -2.39. The number of nitrogens with two attached hydrogens (primary N) is 1. The van der Waals surface area contributed by atoms with Crippen LogP contribution in [0.2, 0.25) is 0 Å². The summed E-state index contributed by atoms with van der Waals surface area (Å²) in [6, 6.07) is 3.67. The predicted molar refractivity (Wildman–Crippen MR) is 89.6 cm³/mol. The van der Waals surface area contributed by atoms with Crippen molar-refractivity contribution in [3.8, 4) is 11.5 Å². The number of halogens is 1. The molecule has 1 fully saturated rings. The number of benzene rings is 1. The van der Waals surface area contributed by atoms with Crippen LogP contribution < -0.4 is 15.2 Å². The van der Waals surface area contributed by atoms with E-state index in [0.29, 0.717) is 30.2 Å². The molecule has 1 heterocycles. The summed E-state index contributed by atoms with van der Waals surface area (Å²) < 4.78 is 11.8. The fourth-order valence-electron chi connectivity index (χ4n) is 2.70. The van der Waals surface area contributed by atoms with E-state index < -0.39 is 0 Å². The maximum atomic E-state index is 12.7. The summed E-state index contributed by atoms with van der Waals surface area (Å²) in [6.07, 6.45) is 2.88. The Morgan fingerprint density at radius 2 is 2.27 bits per heavy atom. The van der Waals surface area contributed by atoms with Crippen LogP contribution >= 0.6 is 15.9 Å². The molecular weight excluding hydrogens is 348 g/mol. The van der Waals surface area contributed by atoms with Crippen LogP contribution in [0, 0.1) is 0 Å². The maximum Gasteiger partial charge on any atom is 0.254 e. The predicted octanol–water partition coefficient (Wildman–Crippen LogP) is 2.81. The number of rotatable bonds is 6.